The number of thiazole rings is 1. The molecular formula is C11H20N2O2S. The van der Waals surface area contributed by atoms with E-state index in [0.29, 0.717) is 13.1 Å². The monoisotopic (exact) mass is 244 g/mol. The van der Waals surface area contributed by atoms with Gasteiger partial charge < -0.3 is 14.6 Å². The zero-order valence-electron chi connectivity index (χ0n) is 10.4. The molecule has 5 heteroatoms. The van der Waals surface area contributed by atoms with Gasteiger partial charge >= 0.3 is 4.87 Å². The maximum absolute atomic E-state index is 11.5. The van der Waals surface area contributed by atoms with Gasteiger partial charge in [0.1, 0.15) is 0 Å². The Labute approximate surface area is 100 Å². The van der Waals surface area contributed by atoms with Crippen molar-refractivity contribution >= 4 is 11.3 Å². The Balaban J connectivity index is 2.49. The number of aliphatic hydroxyl groups is 1. The highest BCUT2D eigenvalue weighted by atomic mass is 32.1. The second kappa shape index (κ2) is 5.12. The Morgan fingerprint density at radius 2 is 2.19 bits per heavy atom. The van der Waals surface area contributed by atoms with E-state index in [1.54, 1.807) is 18.4 Å². The van der Waals surface area contributed by atoms with E-state index in [1.165, 1.54) is 11.3 Å². The van der Waals surface area contributed by atoms with E-state index in [4.69, 9.17) is 0 Å². The van der Waals surface area contributed by atoms with E-state index < -0.39 is 5.60 Å². The average molecular weight is 244 g/mol. The first kappa shape index (κ1) is 13.4. The van der Waals surface area contributed by atoms with Crippen molar-refractivity contribution < 1.29 is 5.11 Å². The quantitative estimate of drug-likeness (QED) is 0.838. The van der Waals surface area contributed by atoms with Crippen LogP contribution in [0, 0.1) is 6.92 Å². The van der Waals surface area contributed by atoms with Gasteiger partial charge in [-0.15, -0.1) is 0 Å². The number of aromatic nitrogens is 1. The summed E-state index contributed by atoms with van der Waals surface area (Å²) in [5.74, 6) is 0. The van der Waals surface area contributed by atoms with Crippen LogP contribution in [0.15, 0.2) is 10.2 Å². The zero-order valence-corrected chi connectivity index (χ0v) is 11.2. The van der Waals surface area contributed by atoms with Crippen LogP contribution in [0.4, 0.5) is 0 Å². The lowest BCUT2D eigenvalue weighted by atomic mass is 10.1. The summed E-state index contributed by atoms with van der Waals surface area (Å²) < 4.78 is 1.77. The predicted molar refractivity (Wildman–Crippen MR) is 67.1 cm³/mol. The lowest BCUT2D eigenvalue weighted by molar-refractivity contribution is 0.0437. The minimum absolute atomic E-state index is 0.0918. The number of nitrogens with zero attached hydrogens (tertiary/aromatic N) is 2. The third-order valence-electron chi connectivity index (χ3n) is 2.34. The third-order valence-corrected chi connectivity index (χ3v) is 3.22. The Bertz CT molecular complexity index is 389. The summed E-state index contributed by atoms with van der Waals surface area (Å²) >= 11 is 1.24. The average Bonchev–Trinajstić information content (AvgIpc) is 2.41. The van der Waals surface area contributed by atoms with Crippen molar-refractivity contribution in [1.82, 2.24) is 9.47 Å². The number of aryl methyl sites for hydroxylation is 1. The SMILES string of the molecule is Cc1csc(=O)n1CCN(C)CC(C)(C)O. The lowest BCUT2D eigenvalue weighted by Gasteiger charge is -2.25. The molecule has 1 heterocycles. The van der Waals surface area contributed by atoms with Crippen LogP contribution < -0.4 is 4.87 Å². The van der Waals surface area contributed by atoms with E-state index in [-0.39, 0.29) is 4.87 Å². The van der Waals surface area contributed by atoms with Crippen LogP contribution in [-0.2, 0) is 6.54 Å². The van der Waals surface area contributed by atoms with Gasteiger partial charge in [-0.1, -0.05) is 11.3 Å². The summed E-state index contributed by atoms with van der Waals surface area (Å²) in [5, 5.41) is 11.5. The molecule has 0 unspecified atom stereocenters. The van der Waals surface area contributed by atoms with Crippen LogP contribution in [0.1, 0.15) is 19.5 Å². The van der Waals surface area contributed by atoms with Crippen molar-refractivity contribution in [2.24, 2.45) is 0 Å². The van der Waals surface area contributed by atoms with Crippen molar-refractivity contribution in [2.45, 2.75) is 32.9 Å². The Kier molecular flexibility index (Phi) is 4.29. The maximum Gasteiger partial charge on any atom is 0.307 e. The van der Waals surface area contributed by atoms with E-state index in [9.17, 15) is 9.90 Å². The van der Waals surface area contributed by atoms with E-state index in [2.05, 4.69) is 0 Å². The minimum atomic E-state index is -0.691. The van der Waals surface area contributed by atoms with Crippen molar-refractivity contribution in [1.29, 1.82) is 0 Å². The smallest absolute Gasteiger partial charge is 0.307 e. The highest BCUT2D eigenvalue weighted by Crippen LogP contribution is 2.04. The predicted octanol–water partition coefficient (Wildman–Crippen LogP) is 0.921. The van der Waals surface area contributed by atoms with Gasteiger partial charge in [-0.05, 0) is 27.8 Å². The first-order chi connectivity index (χ1) is 7.29. The van der Waals surface area contributed by atoms with Gasteiger partial charge in [0.2, 0.25) is 0 Å². The Morgan fingerprint density at radius 1 is 1.56 bits per heavy atom. The topological polar surface area (TPSA) is 45.5 Å². The molecular weight excluding hydrogens is 224 g/mol. The number of hydrogen-bond acceptors (Lipinski definition) is 4. The fourth-order valence-corrected chi connectivity index (χ4v) is 2.45. The van der Waals surface area contributed by atoms with Crippen LogP contribution >= 0.6 is 11.3 Å². The normalized spacial score (nSPS) is 12.4. The van der Waals surface area contributed by atoms with Crippen molar-refractivity contribution in [3.8, 4) is 0 Å². The summed E-state index contributed by atoms with van der Waals surface area (Å²) in [7, 11) is 1.95. The van der Waals surface area contributed by atoms with Crippen LogP contribution in [0.25, 0.3) is 0 Å². The summed E-state index contributed by atoms with van der Waals surface area (Å²) in [6.45, 7) is 7.55. The molecule has 4 nitrogen and oxygen atoms in total. The molecule has 16 heavy (non-hydrogen) atoms. The molecule has 0 aliphatic rings. The zero-order chi connectivity index (χ0) is 12.3. The molecule has 0 fully saturated rings. The summed E-state index contributed by atoms with van der Waals surface area (Å²) in [5.41, 5.74) is 0.315. The number of likely N-dealkylation sites (N-methyl/N-ethyl adjacent to an activating group) is 1. The molecule has 1 N–H and O–H groups in total. The molecule has 0 spiro atoms. The molecule has 0 atom stereocenters. The van der Waals surface area contributed by atoms with E-state index >= 15 is 0 Å². The van der Waals surface area contributed by atoms with E-state index in [0.717, 1.165) is 12.2 Å². The van der Waals surface area contributed by atoms with Crippen LogP contribution in [0.3, 0.4) is 0 Å². The van der Waals surface area contributed by atoms with Gasteiger partial charge in [0.05, 0.1) is 5.60 Å². The fourth-order valence-electron chi connectivity index (χ4n) is 1.68. The molecule has 0 saturated carbocycles. The van der Waals surface area contributed by atoms with Gasteiger partial charge in [0, 0.05) is 30.7 Å². The van der Waals surface area contributed by atoms with Crippen LogP contribution in [0.2, 0.25) is 0 Å². The minimum Gasteiger partial charge on any atom is -0.389 e. The standard InChI is InChI=1S/C11H20N2O2S/c1-9-7-16-10(14)13(9)6-5-12(4)8-11(2,3)15/h7,15H,5-6,8H2,1-4H3. The van der Waals surface area contributed by atoms with Gasteiger partial charge in [-0.2, -0.15) is 0 Å². The molecule has 0 aliphatic heterocycles. The van der Waals surface area contributed by atoms with Crippen molar-refractivity contribution in [2.75, 3.05) is 20.1 Å². The molecule has 0 aromatic carbocycles. The van der Waals surface area contributed by atoms with Crippen LogP contribution in [0.5, 0.6) is 0 Å². The second-order valence-corrected chi connectivity index (χ2v) is 5.67. The second-order valence-electron chi connectivity index (χ2n) is 4.84. The van der Waals surface area contributed by atoms with Gasteiger partial charge in [0.25, 0.3) is 0 Å². The molecule has 1 aromatic heterocycles. The molecule has 1 rings (SSSR count). The maximum atomic E-state index is 11.5. The molecule has 0 radical (unpaired) electrons. The van der Waals surface area contributed by atoms with Crippen LogP contribution in [-0.4, -0.2) is 40.3 Å². The van der Waals surface area contributed by atoms with Crippen molar-refractivity contribution in [3.63, 3.8) is 0 Å². The number of hydrogen-bond donors (Lipinski definition) is 1. The molecule has 0 saturated heterocycles. The molecule has 1 aromatic rings. The first-order valence-electron chi connectivity index (χ1n) is 5.35. The lowest BCUT2D eigenvalue weighted by Crippen LogP contribution is -2.38. The van der Waals surface area contributed by atoms with Gasteiger partial charge in [0.15, 0.2) is 0 Å². The van der Waals surface area contributed by atoms with Gasteiger partial charge in [-0.3, -0.25) is 4.79 Å². The highest BCUT2D eigenvalue weighted by molar-refractivity contribution is 7.07. The summed E-state index contributed by atoms with van der Waals surface area (Å²) in [4.78, 5) is 13.6. The largest absolute Gasteiger partial charge is 0.389 e. The molecule has 92 valence electrons. The fraction of sp³-hybridized carbons (Fsp3) is 0.727. The molecule has 0 bridgehead atoms. The summed E-state index contributed by atoms with van der Waals surface area (Å²) in [6, 6.07) is 0. The highest BCUT2D eigenvalue weighted by Gasteiger charge is 2.15. The molecule has 0 aliphatic carbocycles. The molecule has 0 amide bonds. The summed E-state index contributed by atoms with van der Waals surface area (Å²) in [6.07, 6.45) is 0. The Hall–Kier alpha value is -0.650. The number of rotatable bonds is 5. The van der Waals surface area contributed by atoms with Gasteiger partial charge in [-0.25, -0.2) is 0 Å². The Morgan fingerprint density at radius 3 is 2.62 bits per heavy atom. The van der Waals surface area contributed by atoms with E-state index in [1.807, 2.05) is 24.3 Å². The first-order valence-corrected chi connectivity index (χ1v) is 6.23. The third kappa shape index (κ3) is 4.08. The van der Waals surface area contributed by atoms with Crippen molar-refractivity contribution in [3.05, 3.63) is 20.7 Å².